The Hall–Kier alpha value is -2.11. The molecule has 2 atom stereocenters. The first-order chi connectivity index (χ1) is 12.2. The second kappa shape index (κ2) is 7.02. The lowest BCUT2D eigenvalue weighted by molar-refractivity contribution is 0.166. The summed E-state index contributed by atoms with van der Waals surface area (Å²) in [5, 5.41) is 13.8. The van der Waals surface area contributed by atoms with Crippen LogP contribution in [0.15, 0.2) is 42.5 Å². The van der Waals surface area contributed by atoms with Gasteiger partial charge >= 0.3 is 0 Å². The number of hydrogen-bond donors (Lipinski definition) is 2. The molecule has 1 aliphatic heterocycles. The van der Waals surface area contributed by atoms with E-state index in [9.17, 15) is 9.50 Å². The molecule has 0 spiro atoms. The Morgan fingerprint density at radius 2 is 1.68 bits per heavy atom. The minimum atomic E-state index is -0.668. The topological polar surface area (TPSA) is 50.7 Å². The van der Waals surface area contributed by atoms with E-state index in [0.29, 0.717) is 31.2 Å². The highest BCUT2D eigenvalue weighted by Gasteiger charge is 2.33. The van der Waals surface area contributed by atoms with Crippen molar-refractivity contribution in [2.75, 3.05) is 19.8 Å². The van der Waals surface area contributed by atoms with Crippen molar-refractivity contribution in [3.8, 4) is 11.5 Å². The fraction of sp³-hybridized carbons (Fsp3) is 0.400. The van der Waals surface area contributed by atoms with Crippen molar-refractivity contribution in [1.82, 2.24) is 5.32 Å². The number of fused-ring (bicyclic) bond motifs is 1. The molecule has 0 saturated heterocycles. The third kappa shape index (κ3) is 3.78. The summed E-state index contributed by atoms with van der Waals surface area (Å²) in [6.07, 6.45) is 1.69. The van der Waals surface area contributed by atoms with Gasteiger partial charge in [-0.3, -0.25) is 0 Å². The van der Waals surface area contributed by atoms with Gasteiger partial charge in [-0.1, -0.05) is 18.2 Å². The largest absolute Gasteiger partial charge is 0.486 e. The molecular weight excluding hydrogens is 321 g/mol. The van der Waals surface area contributed by atoms with Crippen LogP contribution in [0.5, 0.6) is 11.5 Å². The van der Waals surface area contributed by atoms with Gasteiger partial charge in [0.25, 0.3) is 0 Å². The number of benzene rings is 2. The van der Waals surface area contributed by atoms with Gasteiger partial charge in [-0.25, -0.2) is 4.39 Å². The highest BCUT2D eigenvalue weighted by molar-refractivity contribution is 5.45. The molecule has 1 saturated carbocycles. The molecule has 1 aliphatic carbocycles. The van der Waals surface area contributed by atoms with Crippen molar-refractivity contribution in [2.45, 2.75) is 25.0 Å². The fourth-order valence-corrected chi connectivity index (χ4v) is 3.28. The summed E-state index contributed by atoms with van der Waals surface area (Å²) in [6.45, 7) is 1.57. The van der Waals surface area contributed by atoms with Gasteiger partial charge in [0.15, 0.2) is 11.5 Å². The maximum absolute atomic E-state index is 13.0. The van der Waals surface area contributed by atoms with E-state index in [0.717, 1.165) is 17.1 Å². The minimum Gasteiger partial charge on any atom is -0.486 e. The molecule has 5 heteroatoms. The van der Waals surface area contributed by atoms with Crippen LogP contribution < -0.4 is 14.8 Å². The molecule has 4 nitrogen and oxygen atoms in total. The Morgan fingerprint density at radius 1 is 1.00 bits per heavy atom. The van der Waals surface area contributed by atoms with Gasteiger partial charge in [0.1, 0.15) is 19.0 Å². The van der Waals surface area contributed by atoms with Crippen LogP contribution in [-0.4, -0.2) is 24.9 Å². The Bertz CT molecular complexity index is 730. The Kier molecular flexibility index (Phi) is 4.59. The van der Waals surface area contributed by atoms with Crippen molar-refractivity contribution in [3.05, 3.63) is 59.4 Å². The van der Waals surface area contributed by atoms with Gasteiger partial charge in [-0.05, 0) is 54.2 Å². The highest BCUT2D eigenvalue weighted by Crippen LogP contribution is 2.43. The summed E-state index contributed by atoms with van der Waals surface area (Å²) in [5.74, 6) is 1.85. The molecule has 1 heterocycles. The van der Waals surface area contributed by atoms with E-state index in [-0.39, 0.29) is 11.9 Å². The van der Waals surface area contributed by atoms with Gasteiger partial charge in [0.05, 0.1) is 6.10 Å². The summed E-state index contributed by atoms with van der Waals surface area (Å²) >= 11 is 0. The van der Waals surface area contributed by atoms with Gasteiger partial charge in [0.2, 0.25) is 0 Å². The van der Waals surface area contributed by atoms with Crippen LogP contribution in [0.25, 0.3) is 0 Å². The zero-order chi connectivity index (χ0) is 17.2. The molecule has 1 fully saturated rings. The van der Waals surface area contributed by atoms with Crippen LogP contribution in [-0.2, 0) is 0 Å². The first kappa shape index (κ1) is 16.4. The molecule has 2 aliphatic rings. The van der Waals surface area contributed by atoms with Gasteiger partial charge in [0, 0.05) is 12.6 Å². The monoisotopic (exact) mass is 343 g/mol. The zero-order valence-electron chi connectivity index (χ0n) is 14.0. The van der Waals surface area contributed by atoms with Crippen LogP contribution in [0, 0.1) is 11.7 Å². The lowest BCUT2D eigenvalue weighted by Crippen LogP contribution is -2.28. The van der Waals surface area contributed by atoms with Gasteiger partial charge in [-0.2, -0.15) is 0 Å². The molecule has 0 radical (unpaired) electrons. The lowest BCUT2D eigenvalue weighted by atomic mass is 10.0. The van der Waals surface area contributed by atoms with Crippen LogP contribution >= 0.6 is 0 Å². The minimum absolute atomic E-state index is 0.172. The number of aliphatic hydroxyl groups excluding tert-OH is 1. The van der Waals surface area contributed by atoms with E-state index in [2.05, 4.69) is 11.4 Å². The van der Waals surface area contributed by atoms with E-state index in [1.807, 2.05) is 12.1 Å². The van der Waals surface area contributed by atoms with Crippen molar-refractivity contribution >= 4 is 0 Å². The van der Waals surface area contributed by atoms with E-state index in [1.165, 1.54) is 25.0 Å². The predicted octanol–water partition coefficient (Wildman–Crippen LogP) is 3.37. The summed E-state index contributed by atoms with van der Waals surface area (Å²) in [7, 11) is 0. The molecule has 2 N–H and O–H groups in total. The van der Waals surface area contributed by atoms with Gasteiger partial charge in [-0.15, -0.1) is 0 Å². The maximum Gasteiger partial charge on any atom is 0.161 e. The molecule has 0 amide bonds. The summed E-state index contributed by atoms with van der Waals surface area (Å²) in [6, 6.07) is 12.2. The third-order valence-corrected chi connectivity index (χ3v) is 4.80. The van der Waals surface area contributed by atoms with E-state index >= 15 is 0 Å². The fourth-order valence-electron chi connectivity index (χ4n) is 3.28. The van der Waals surface area contributed by atoms with Crippen molar-refractivity contribution in [1.29, 1.82) is 0 Å². The highest BCUT2D eigenvalue weighted by atomic mass is 19.1. The van der Waals surface area contributed by atoms with Crippen molar-refractivity contribution in [3.63, 3.8) is 0 Å². The molecule has 2 aromatic carbocycles. The van der Waals surface area contributed by atoms with Crippen LogP contribution in [0.2, 0.25) is 0 Å². The first-order valence-electron chi connectivity index (χ1n) is 8.77. The normalized spacial score (nSPS) is 18.6. The van der Waals surface area contributed by atoms with Crippen LogP contribution in [0.3, 0.4) is 0 Å². The smallest absolute Gasteiger partial charge is 0.161 e. The van der Waals surface area contributed by atoms with Gasteiger partial charge < -0.3 is 19.9 Å². The number of aliphatic hydroxyl groups is 1. The molecule has 132 valence electrons. The molecule has 25 heavy (non-hydrogen) atoms. The molecule has 2 unspecified atom stereocenters. The average Bonchev–Trinajstić information content (AvgIpc) is 3.47. The van der Waals surface area contributed by atoms with E-state index in [4.69, 9.17) is 9.47 Å². The first-order valence-corrected chi connectivity index (χ1v) is 8.77. The lowest BCUT2D eigenvalue weighted by Gasteiger charge is -2.24. The van der Waals surface area contributed by atoms with Crippen molar-refractivity contribution in [2.24, 2.45) is 5.92 Å². The summed E-state index contributed by atoms with van der Waals surface area (Å²) in [4.78, 5) is 0. The number of halogens is 1. The quantitative estimate of drug-likeness (QED) is 0.844. The molecule has 0 aromatic heterocycles. The zero-order valence-corrected chi connectivity index (χ0v) is 14.0. The molecule has 0 bridgehead atoms. The SMILES string of the molecule is OC(CNC(c1ccc2c(c1)OCCO2)C1CC1)c1ccc(F)cc1. The number of nitrogens with one attached hydrogen (secondary N) is 1. The predicted molar refractivity (Wildman–Crippen MR) is 92.3 cm³/mol. The number of rotatable bonds is 6. The van der Waals surface area contributed by atoms with Crippen LogP contribution in [0.4, 0.5) is 4.39 Å². The van der Waals surface area contributed by atoms with Crippen LogP contribution in [0.1, 0.15) is 36.1 Å². The molecule has 4 rings (SSSR count). The molecule has 2 aromatic rings. The third-order valence-electron chi connectivity index (χ3n) is 4.80. The second-order valence-electron chi connectivity index (χ2n) is 6.69. The second-order valence-corrected chi connectivity index (χ2v) is 6.69. The van der Waals surface area contributed by atoms with Crippen molar-refractivity contribution < 1.29 is 19.0 Å². The standard InChI is InChI=1S/C20H22FNO3/c21-16-6-3-13(4-7-16)17(23)12-22-20(14-1-2-14)15-5-8-18-19(11-15)25-10-9-24-18/h3-8,11,14,17,20,22-23H,1-2,9-10,12H2. The van der Waals surface area contributed by atoms with E-state index in [1.54, 1.807) is 12.1 Å². The Morgan fingerprint density at radius 3 is 2.40 bits per heavy atom. The number of hydrogen-bond acceptors (Lipinski definition) is 4. The molecular formula is C20H22FNO3. The van der Waals surface area contributed by atoms with E-state index < -0.39 is 6.10 Å². The average molecular weight is 343 g/mol. The Balaban J connectivity index is 1.46. The number of ether oxygens (including phenoxy) is 2. The summed E-state index contributed by atoms with van der Waals surface area (Å²) < 4.78 is 24.3. The summed E-state index contributed by atoms with van der Waals surface area (Å²) in [5.41, 5.74) is 1.86. The maximum atomic E-state index is 13.0. The Labute approximate surface area is 146 Å².